The van der Waals surface area contributed by atoms with Crippen LogP contribution in [0.3, 0.4) is 0 Å². The Morgan fingerprint density at radius 2 is 1.52 bits per heavy atom. The van der Waals surface area contributed by atoms with Gasteiger partial charge in [0.05, 0.1) is 11.0 Å². The molecular formula is C21H18N2O2. The molecule has 2 heterocycles. The van der Waals surface area contributed by atoms with E-state index in [0.29, 0.717) is 6.61 Å². The summed E-state index contributed by atoms with van der Waals surface area (Å²) in [5.74, 6) is 0.755. The molecule has 4 rings (SSSR count). The van der Waals surface area contributed by atoms with Crippen molar-refractivity contribution < 1.29 is 9.47 Å². The molecule has 2 aromatic heterocycles. The van der Waals surface area contributed by atoms with E-state index in [1.165, 1.54) is 0 Å². The van der Waals surface area contributed by atoms with Crippen molar-refractivity contribution in [3.05, 3.63) is 78.6 Å². The lowest BCUT2D eigenvalue weighted by atomic mass is 10.1. The van der Waals surface area contributed by atoms with Crippen molar-refractivity contribution in [2.45, 2.75) is 13.2 Å². The minimum Gasteiger partial charge on any atom is -0.461 e. The molecule has 0 saturated heterocycles. The van der Waals surface area contributed by atoms with Crippen LogP contribution in [0.2, 0.25) is 0 Å². The zero-order valence-electron chi connectivity index (χ0n) is 13.9. The number of pyridine rings is 2. The molecule has 2 aromatic carbocycles. The van der Waals surface area contributed by atoms with Gasteiger partial charge in [-0.1, -0.05) is 18.2 Å². The highest BCUT2D eigenvalue weighted by Gasteiger charge is 2.14. The third-order valence-electron chi connectivity index (χ3n) is 4.03. The van der Waals surface area contributed by atoms with E-state index < -0.39 is 6.29 Å². The van der Waals surface area contributed by atoms with E-state index in [9.17, 15) is 0 Å². The van der Waals surface area contributed by atoms with Gasteiger partial charge in [0, 0.05) is 35.3 Å². The number of hydrogen-bond acceptors (Lipinski definition) is 4. The topological polar surface area (TPSA) is 44.2 Å². The summed E-state index contributed by atoms with van der Waals surface area (Å²) in [6, 6.07) is 19.8. The molecular weight excluding hydrogens is 312 g/mol. The number of rotatable bonds is 5. The quantitative estimate of drug-likeness (QED) is 0.488. The Labute approximate surface area is 146 Å². The molecule has 0 aliphatic rings. The van der Waals surface area contributed by atoms with Crippen molar-refractivity contribution in [1.29, 1.82) is 0 Å². The Morgan fingerprint density at radius 1 is 0.840 bits per heavy atom. The van der Waals surface area contributed by atoms with Crippen LogP contribution in [0.1, 0.15) is 18.8 Å². The second-order valence-corrected chi connectivity index (χ2v) is 5.72. The van der Waals surface area contributed by atoms with Crippen molar-refractivity contribution in [3.63, 3.8) is 0 Å². The SMILES string of the molecule is CCOC(Oc1ccc2ncccc2c1)c1ccc2ncccc2c1. The normalized spacial score (nSPS) is 12.4. The number of benzene rings is 2. The van der Waals surface area contributed by atoms with E-state index in [2.05, 4.69) is 16.0 Å². The van der Waals surface area contributed by atoms with Crippen LogP contribution < -0.4 is 4.74 Å². The first-order valence-electron chi connectivity index (χ1n) is 8.31. The highest BCUT2D eigenvalue weighted by molar-refractivity contribution is 5.80. The smallest absolute Gasteiger partial charge is 0.226 e. The van der Waals surface area contributed by atoms with Gasteiger partial charge in [0.25, 0.3) is 0 Å². The molecule has 4 heteroatoms. The van der Waals surface area contributed by atoms with Gasteiger partial charge in [0.1, 0.15) is 5.75 Å². The fourth-order valence-electron chi connectivity index (χ4n) is 2.84. The Morgan fingerprint density at radius 3 is 2.24 bits per heavy atom. The molecule has 0 fully saturated rings. The van der Waals surface area contributed by atoms with Gasteiger partial charge in [-0.2, -0.15) is 0 Å². The van der Waals surface area contributed by atoms with Crippen LogP contribution in [-0.2, 0) is 4.74 Å². The number of fused-ring (bicyclic) bond motifs is 2. The van der Waals surface area contributed by atoms with E-state index in [0.717, 1.165) is 33.1 Å². The van der Waals surface area contributed by atoms with Crippen LogP contribution in [0.4, 0.5) is 0 Å². The maximum atomic E-state index is 6.13. The summed E-state index contributed by atoms with van der Waals surface area (Å²) >= 11 is 0. The number of nitrogens with zero attached hydrogens (tertiary/aromatic N) is 2. The highest BCUT2D eigenvalue weighted by atomic mass is 16.7. The van der Waals surface area contributed by atoms with Crippen molar-refractivity contribution in [1.82, 2.24) is 9.97 Å². The average Bonchev–Trinajstić information content (AvgIpc) is 2.67. The first kappa shape index (κ1) is 15.5. The zero-order chi connectivity index (χ0) is 17.1. The molecule has 0 bridgehead atoms. The molecule has 0 spiro atoms. The molecule has 0 N–H and O–H groups in total. The maximum Gasteiger partial charge on any atom is 0.226 e. The Hall–Kier alpha value is -2.98. The first-order valence-corrected chi connectivity index (χ1v) is 8.31. The predicted molar refractivity (Wildman–Crippen MR) is 98.5 cm³/mol. The molecule has 4 nitrogen and oxygen atoms in total. The molecule has 0 saturated carbocycles. The van der Waals surface area contributed by atoms with Gasteiger partial charge in [-0.3, -0.25) is 9.97 Å². The summed E-state index contributed by atoms with van der Waals surface area (Å²) in [4.78, 5) is 8.69. The summed E-state index contributed by atoms with van der Waals surface area (Å²) in [6.07, 6.45) is 3.11. The molecule has 124 valence electrons. The largest absolute Gasteiger partial charge is 0.461 e. The second kappa shape index (κ2) is 6.87. The molecule has 1 atom stereocenters. The van der Waals surface area contributed by atoms with Gasteiger partial charge in [-0.25, -0.2) is 0 Å². The number of hydrogen-bond donors (Lipinski definition) is 0. The molecule has 25 heavy (non-hydrogen) atoms. The molecule has 1 unspecified atom stereocenters. The van der Waals surface area contributed by atoms with Crippen LogP contribution in [-0.4, -0.2) is 16.6 Å². The molecule has 4 aromatic rings. The summed E-state index contributed by atoms with van der Waals surface area (Å²) in [5.41, 5.74) is 2.87. The van der Waals surface area contributed by atoms with Crippen LogP contribution in [0.5, 0.6) is 5.75 Å². The van der Waals surface area contributed by atoms with E-state index in [-0.39, 0.29) is 0 Å². The zero-order valence-corrected chi connectivity index (χ0v) is 13.9. The van der Waals surface area contributed by atoms with Crippen LogP contribution in [0.15, 0.2) is 73.1 Å². The molecule has 0 aliphatic heterocycles. The summed E-state index contributed by atoms with van der Waals surface area (Å²) in [6.45, 7) is 2.52. The maximum absolute atomic E-state index is 6.13. The van der Waals surface area contributed by atoms with Gasteiger partial charge in [0.2, 0.25) is 6.29 Å². The summed E-state index contributed by atoms with van der Waals surface area (Å²) in [7, 11) is 0. The van der Waals surface area contributed by atoms with Crippen LogP contribution >= 0.6 is 0 Å². The van der Waals surface area contributed by atoms with Gasteiger partial charge >= 0.3 is 0 Å². The minimum atomic E-state index is -0.469. The van der Waals surface area contributed by atoms with E-state index in [1.807, 2.05) is 61.5 Å². The van der Waals surface area contributed by atoms with Gasteiger partial charge in [-0.05, 0) is 49.4 Å². The Balaban J connectivity index is 1.67. The van der Waals surface area contributed by atoms with E-state index in [1.54, 1.807) is 12.4 Å². The molecule has 0 amide bonds. The highest BCUT2D eigenvalue weighted by Crippen LogP contribution is 2.27. The lowest BCUT2D eigenvalue weighted by Crippen LogP contribution is -2.12. The third kappa shape index (κ3) is 3.30. The Bertz CT molecular complexity index is 1020. The lowest BCUT2D eigenvalue weighted by molar-refractivity contribution is -0.0784. The van der Waals surface area contributed by atoms with Crippen molar-refractivity contribution >= 4 is 21.8 Å². The van der Waals surface area contributed by atoms with Gasteiger partial charge in [0.15, 0.2) is 0 Å². The summed E-state index contributed by atoms with van der Waals surface area (Å²) in [5, 5.41) is 2.11. The van der Waals surface area contributed by atoms with Crippen LogP contribution in [0, 0.1) is 0 Å². The standard InChI is InChI=1S/C21H18N2O2/c1-2-24-21(17-7-9-19-15(13-17)5-3-11-22-19)25-18-8-10-20-16(14-18)6-4-12-23-20/h3-14,21H,2H2,1H3. The minimum absolute atomic E-state index is 0.469. The lowest BCUT2D eigenvalue weighted by Gasteiger charge is -2.20. The van der Waals surface area contributed by atoms with Crippen LogP contribution in [0.25, 0.3) is 21.8 Å². The fourth-order valence-corrected chi connectivity index (χ4v) is 2.84. The third-order valence-corrected chi connectivity index (χ3v) is 4.03. The van der Waals surface area contributed by atoms with Crippen molar-refractivity contribution in [3.8, 4) is 5.75 Å². The predicted octanol–water partition coefficient (Wildman–Crippen LogP) is 4.90. The average molecular weight is 330 g/mol. The molecule has 0 aliphatic carbocycles. The second-order valence-electron chi connectivity index (χ2n) is 5.72. The van der Waals surface area contributed by atoms with E-state index >= 15 is 0 Å². The van der Waals surface area contributed by atoms with Gasteiger partial charge in [-0.15, -0.1) is 0 Å². The van der Waals surface area contributed by atoms with Crippen molar-refractivity contribution in [2.75, 3.05) is 6.61 Å². The monoisotopic (exact) mass is 330 g/mol. The van der Waals surface area contributed by atoms with Crippen molar-refractivity contribution in [2.24, 2.45) is 0 Å². The van der Waals surface area contributed by atoms with E-state index in [4.69, 9.17) is 9.47 Å². The number of aromatic nitrogens is 2. The first-order chi connectivity index (χ1) is 12.3. The van der Waals surface area contributed by atoms with Gasteiger partial charge < -0.3 is 9.47 Å². The number of ether oxygens (including phenoxy) is 2. The Kier molecular flexibility index (Phi) is 4.27. The summed E-state index contributed by atoms with van der Waals surface area (Å²) < 4.78 is 12.0. The molecule has 0 radical (unpaired) electrons. The fraction of sp³-hybridized carbons (Fsp3) is 0.143.